The van der Waals surface area contributed by atoms with Crippen molar-refractivity contribution in [3.63, 3.8) is 0 Å². The molecule has 0 radical (unpaired) electrons. The number of nitrogens with one attached hydrogen (secondary N) is 1. The lowest BCUT2D eigenvalue weighted by Gasteiger charge is -1.97. The number of aromatic amines is 1. The molecule has 4 nitrogen and oxygen atoms in total. The zero-order valence-corrected chi connectivity index (χ0v) is 9.23. The molecule has 4 heteroatoms. The zero-order chi connectivity index (χ0) is 11.4. The van der Waals surface area contributed by atoms with Crippen LogP contribution in [0.1, 0.15) is 11.4 Å². The van der Waals surface area contributed by atoms with E-state index < -0.39 is 0 Å². The summed E-state index contributed by atoms with van der Waals surface area (Å²) in [6, 6.07) is 9.96. The van der Waals surface area contributed by atoms with Gasteiger partial charge in [0, 0.05) is 19.2 Å². The highest BCUT2D eigenvalue weighted by Gasteiger charge is 2.09. The van der Waals surface area contributed by atoms with Crippen LogP contribution in [0.2, 0.25) is 0 Å². The number of aromatic nitrogens is 2. The van der Waals surface area contributed by atoms with Gasteiger partial charge in [-0.25, -0.2) is 4.98 Å². The number of methoxy groups -OCH3 is 1. The summed E-state index contributed by atoms with van der Waals surface area (Å²) < 4.78 is 5.09. The van der Waals surface area contributed by atoms with Gasteiger partial charge in [-0.2, -0.15) is 0 Å². The predicted octanol–water partition coefficient (Wildman–Crippen LogP) is 1.68. The molecule has 0 unspecified atom stereocenters. The van der Waals surface area contributed by atoms with Crippen molar-refractivity contribution >= 4 is 0 Å². The van der Waals surface area contributed by atoms with Crippen molar-refractivity contribution in [3.8, 4) is 11.4 Å². The molecule has 0 aliphatic carbocycles. The van der Waals surface area contributed by atoms with Gasteiger partial charge in [-0.15, -0.1) is 0 Å². The number of imidazole rings is 1. The zero-order valence-electron chi connectivity index (χ0n) is 9.23. The maximum Gasteiger partial charge on any atom is 0.137 e. The van der Waals surface area contributed by atoms with Crippen molar-refractivity contribution in [2.45, 2.75) is 13.2 Å². The third-order valence-electron chi connectivity index (χ3n) is 2.39. The second kappa shape index (κ2) is 4.92. The lowest BCUT2D eigenvalue weighted by atomic mass is 10.2. The van der Waals surface area contributed by atoms with Crippen LogP contribution >= 0.6 is 0 Å². The lowest BCUT2D eigenvalue weighted by Crippen LogP contribution is -2.01. The van der Waals surface area contributed by atoms with E-state index in [1.54, 1.807) is 7.11 Å². The predicted molar refractivity (Wildman–Crippen MR) is 62.6 cm³/mol. The fourth-order valence-electron chi connectivity index (χ4n) is 1.61. The Morgan fingerprint density at radius 2 is 2.06 bits per heavy atom. The van der Waals surface area contributed by atoms with Gasteiger partial charge in [0.2, 0.25) is 0 Å². The Morgan fingerprint density at radius 1 is 1.31 bits per heavy atom. The van der Waals surface area contributed by atoms with Crippen LogP contribution in [0, 0.1) is 0 Å². The number of nitrogens with zero attached hydrogens (tertiary/aromatic N) is 1. The van der Waals surface area contributed by atoms with Gasteiger partial charge in [0.15, 0.2) is 0 Å². The van der Waals surface area contributed by atoms with Gasteiger partial charge in [0.1, 0.15) is 5.82 Å². The second-order valence-corrected chi connectivity index (χ2v) is 3.51. The Morgan fingerprint density at radius 3 is 2.69 bits per heavy atom. The average molecular weight is 217 g/mol. The van der Waals surface area contributed by atoms with E-state index in [9.17, 15) is 0 Å². The fourth-order valence-corrected chi connectivity index (χ4v) is 1.61. The molecule has 3 N–H and O–H groups in total. The standard InChI is InChI=1S/C12H15N3O/c1-16-8-11-10(7-13)14-12(15-11)9-5-3-2-4-6-9/h2-6H,7-8,13H2,1H3,(H,14,15). The Balaban J connectivity index is 2.36. The van der Waals surface area contributed by atoms with Gasteiger partial charge >= 0.3 is 0 Å². The van der Waals surface area contributed by atoms with Crippen LogP contribution in [-0.4, -0.2) is 17.1 Å². The first kappa shape index (κ1) is 10.9. The molecule has 2 aromatic rings. The summed E-state index contributed by atoms with van der Waals surface area (Å²) in [7, 11) is 1.66. The maximum atomic E-state index is 5.63. The topological polar surface area (TPSA) is 63.9 Å². The van der Waals surface area contributed by atoms with Crippen LogP contribution in [0.15, 0.2) is 30.3 Å². The molecule has 0 saturated heterocycles. The molecule has 1 aromatic carbocycles. The van der Waals surface area contributed by atoms with Gasteiger partial charge in [0.25, 0.3) is 0 Å². The Kier molecular flexibility index (Phi) is 3.34. The summed E-state index contributed by atoms with van der Waals surface area (Å²) in [4.78, 5) is 7.69. The first-order valence-electron chi connectivity index (χ1n) is 5.17. The summed E-state index contributed by atoms with van der Waals surface area (Å²) in [5, 5.41) is 0. The van der Waals surface area contributed by atoms with E-state index in [0.717, 1.165) is 22.8 Å². The SMILES string of the molecule is COCc1[nH]c(-c2ccccc2)nc1CN. The van der Waals surface area contributed by atoms with Crippen LogP contribution in [0.5, 0.6) is 0 Å². The molecule has 1 aromatic heterocycles. The van der Waals surface area contributed by atoms with Crippen LogP contribution in [0.25, 0.3) is 11.4 Å². The van der Waals surface area contributed by atoms with Crippen molar-refractivity contribution in [2.24, 2.45) is 5.73 Å². The van der Waals surface area contributed by atoms with Gasteiger partial charge in [0.05, 0.1) is 18.0 Å². The van der Waals surface area contributed by atoms with Gasteiger partial charge in [-0.05, 0) is 0 Å². The smallest absolute Gasteiger partial charge is 0.137 e. The average Bonchev–Trinajstić information content (AvgIpc) is 2.74. The van der Waals surface area contributed by atoms with E-state index in [1.807, 2.05) is 30.3 Å². The largest absolute Gasteiger partial charge is 0.378 e. The van der Waals surface area contributed by atoms with Crippen molar-refractivity contribution in [1.82, 2.24) is 9.97 Å². The molecule has 0 bridgehead atoms. The summed E-state index contributed by atoms with van der Waals surface area (Å²) in [6.45, 7) is 0.925. The number of H-pyrrole nitrogens is 1. The Hall–Kier alpha value is -1.65. The van der Waals surface area contributed by atoms with Gasteiger partial charge in [-0.3, -0.25) is 0 Å². The summed E-state index contributed by atoms with van der Waals surface area (Å²) in [5.41, 5.74) is 8.50. The van der Waals surface area contributed by atoms with E-state index in [-0.39, 0.29) is 0 Å². The number of benzene rings is 1. The second-order valence-electron chi connectivity index (χ2n) is 3.51. The number of rotatable bonds is 4. The molecule has 1 heterocycles. The molecule has 16 heavy (non-hydrogen) atoms. The molecule has 0 fully saturated rings. The number of hydrogen-bond acceptors (Lipinski definition) is 3. The van der Waals surface area contributed by atoms with Crippen molar-refractivity contribution in [1.29, 1.82) is 0 Å². The molecule has 84 valence electrons. The lowest BCUT2D eigenvalue weighted by molar-refractivity contribution is 0.181. The van der Waals surface area contributed by atoms with E-state index >= 15 is 0 Å². The number of ether oxygens (including phenoxy) is 1. The van der Waals surface area contributed by atoms with Crippen molar-refractivity contribution in [2.75, 3.05) is 7.11 Å². The summed E-state index contributed by atoms with van der Waals surface area (Å²) in [5.74, 6) is 0.841. The Labute approximate surface area is 94.5 Å². The minimum atomic E-state index is 0.419. The first-order chi connectivity index (χ1) is 7.85. The number of hydrogen-bond donors (Lipinski definition) is 2. The highest BCUT2D eigenvalue weighted by molar-refractivity contribution is 5.55. The molecule has 0 saturated carbocycles. The first-order valence-corrected chi connectivity index (χ1v) is 5.17. The van der Waals surface area contributed by atoms with Crippen LogP contribution < -0.4 is 5.73 Å². The summed E-state index contributed by atoms with van der Waals surface area (Å²) >= 11 is 0. The van der Waals surface area contributed by atoms with E-state index in [0.29, 0.717) is 13.2 Å². The summed E-state index contributed by atoms with van der Waals surface area (Å²) in [6.07, 6.45) is 0. The van der Waals surface area contributed by atoms with E-state index in [4.69, 9.17) is 10.5 Å². The highest BCUT2D eigenvalue weighted by atomic mass is 16.5. The monoisotopic (exact) mass is 217 g/mol. The van der Waals surface area contributed by atoms with Crippen LogP contribution in [-0.2, 0) is 17.9 Å². The maximum absolute atomic E-state index is 5.63. The van der Waals surface area contributed by atoms with E-state index in [2.05, 4.69) is 9.97 Å². The normalized spacial score (nSPS) is 10.6. The minimum absolute atomic E-state index is 0.419. The molecule has 0 amide bonds. The van der Waals surface area contributed by atoms with Gasteiger partial charge in [-0.1, -0.05) is 30.3 Å². The van der Waals surface area contributed by atoms with Gasteiger partial charge < -0.3 is 15.5 Å². The van der Waals surface area contributed by atoms with Crippen molar-refractivity contribution < 1.29 is 4.74 Å². The molecular weight excluding hydrogens is 202 g/mol. The van der Waals surface area contributed by atoms with Crippen molar-refractivity contribution in [3.05, 3.63) is 41.7 Å². The minimum Gasteiger partial charge on any atom is -0.378 e. The quantitative estimate of drug-likeness (QED) is 0.819. The molecule has 0 atom stereocenters. The van der Waals surface area contributed by atoms with Crippen LogP contribution in [0.3, 0.4) is 0 Å². The third-order valence-corrected chi connectivity index (χ3v) is 2.39. The Bertz CT molecular complexity index is 451. The molecule has 0 aliphatic heterocycles. The number of nitrogens with two attached hydrogens (primary N) is 1. The molecule has 0 spiro atoms. The highest BCUT2D eigenvalue weighted by Crippen LogP contribution is 2.18. The molecular formula is C12H15N3O. The fraction of sp³-hybridized carbons (Fsp3) is 0.250. The molecule has 0 aliphatic rings. The third kappa shape index (κ3) is 2.13. The molecule has 2 rings (SSSR count). The van der Waals surface area contributed by atoms with Crippen LogP contribution in [0.4, 0.5) is 0 Å². The van der Waals surface area contributed by atoms with E-state index in [1.165, 1.54) is 0 Å².